The lowest BCUT2D eigenvalue weighted by atomic mass is 10.3. The molecule has 2 rings (SSSR count). The molecule has 0 aliphatic heterocycles. The number of nitro benzene ring substituents is 1. The Hall–Kier alpha value is -2.42. The van der Waals surface area contributed by atoms with Crippen molar-refractivity contribution in [3.63, 3.8) is 0 Å². The van der Waals surface area contributed by atoms with Gasteiger partial charge in [0.2, 0.25) is 17.6 Å². The molecule has 0 radical (unpaired) electrons. The molecule has 0 spiro atoms. The number of nitrogens with zero attached hydrogens (tertiary/aromatic N) is 3. The van der Waals surface area contributed by atoms with Crippen molar-refractivity contribution in [2.24, 2.45) is 0 Å². The van der Waals surface area contributed by atoms with Crippen LogP contribution in [0.3, 0.4) is 0 Å². The lowest BCUT2D eigenvalue weighted by molar-refractivity contribution is -0.385. The normalized spacial score (nSPS) is 10.1. The highest BCUT2D eigenvalue weighted by Crippen LogP contribution is 2.33. The van der Waals surface area contributed by atoms with Gasteiger partial charge in [-0.2, -0.15) is 9.97 Å². The molecule has 2 aromatic rings. The second-order valence-electron chi connectivity index (χ2n) is 3.67. The van der Waals surface area contributed by atoms with Gasteiger partial charge in [-0.05, 0) is 12.1 Å². The molecule has 0 atom stereocenters. The third kappa shape index (κ3) is 3.12. The number of rotatable bonds is 4. The van der Waals surface area contributed by atoms with Gasteiger partial charge in [0.25, 0.3) is 0 Å². The summed E-state index contributed by atoms with van der Waals surface area (Å²) in [6.07, 6.45) is 0. The van der Waals surface area contributed by atoms with Gasteiger partial charge in [0, 0.05) is 23.7 Å². The first-order valence-corrected chi connectivity index (χ1v) is 6.23. The van der Waals surface area contributed by atoms with Gasteiger partial charge in [0.1, 0.15) is 5.82 Å². The number of nitro groups is 1. The van der Waals surface area contributed by atoms with Crippen LogP contribution in [0.2, 0.25) is 0 Å². The second kappa shape index (κ2) is 5.70. The Bertz CT molecular complexity index is 665. The highest BCUT2D eigenvalue weighted by atomic mass is 79.9. The fraction of sp³-hybridized carbons (Fsp3) is 0.0909. The number of aromatic nitrogens is 2. The predicted octanol–water partition coefficient (Wildman–Crippen LogP) is 2.56. The maximum Gasteiger partial charge on any atom is 0.312 e. The van der Waals surface area contributed by atoms with Crippen molar-refractivity contribution < 1.29 is 9.66 Å². The second-order valence-corrected chi connectivity index (χ2v) is 4.59. The lowest BCUT2D eigenvalue weighted by Gasteiger charge is -2.07. The Kier molecular flexibility index (Phi) is 3.99. The molecule has 0 unspecified atom stereocenters. The van der Waals surface area contributed by atoms with Crippen molar-refractivity contribution in [2.45, 2.75) is 0 Å². The molecule has 1 aromatic carbocycles. The fourth-order valence-corrected chi connectivity index (χ4v) is 1.80. The molecule has 0 saturated heterocycles. The standard InChI is InChI=1S/C11H10BrN5O3/c1-14-9-5-10(16-11(13)15-9)20-8-3-2-6(12)4-7(8)17(18)19/h2-5H,1H3,(H3,13,14,15,16). The van der Waals surface area contributed by atoms with Gasteiger partial charge < -0.3 is 15.8 Å². The predicted molar refractivity (Wildman–Crippen MR) is 76.9 cm³/mol. The van der Waals surface area contributed by atoms with Gasteiger partial charge in [-0.1, -0.05) is 15.9 Å². The van der Waals surface area contributed by atoms with Crippen LogP contribution in [0.5, 0.6) is 11.6 Å². The highest BCUT2D eigenvalue weighted by Gasteiger charge is 2.17. The molecule has 0 aliphatic rings. The Labute approximate surface area is 122 Å². The van der Waals surface area contributed by atoms with E-state index in [1.165, 1.54) is 18.2 Å². The number of nitrogens with one attached hydrogen (secondary N) is 1. The Morgan fingerprint density at radius 1 is 1.40 bits per heavy atom. The zero-order chi connectivity index (χ0) is 14.7. The van der Waals surface area contributed by atoms with E-state index < -0.39 is 4.92 Å². The third-order valence-corrected chi connectivity index (χ3v) is 2.80. The SMILES string of the molecule is CNc1cc(Oc2ccc(Br)cc2[N+](=O)[O-])nc(N)n1. The van der Waals surface area contributed by atoms with E-state index in [1.807, 2.05) is 0 Å². The van der Waals surface area contributed by atoms with Gasteiger partial charge in [-0.3, -0.25) is 10.1 Å². The minimum absolute atomic E-state index is 0.00612. The molecule has 8 nitrogen and oxygen atoms in total. The van der Waals surface area contributed by atoms with Crippen molar-refractivity contribution in [1.82, 2.24) is 9.97 Å². The van der Waals surface area contributed by atoms with E-state index in [-0.39, 0.29) is 23.3 Å². The van der Waals surface area contributed by atoms with Gasteiger partial charge in [0.15, 0.2) is 0 Å². The van der Waals surface area contributed by atoms with Gasteiger partial charge in [0.05, 0.1) is 4.92 Å². The molecular weight excluding hydrogens is 330 g/mol. The Morgan fingerprint density at radius 2 is 2.15 bits per heavy atom. The van der Waals surface area contributed by atoms with Crippen molar-refractivity contribution in [3.8, 4) is 11.6 Å². The molecule has 0 saturated carbocycles. The number of anilines is 2. The van der Waals surface area contributed by atoms with Crippen molar-refractivity contribution in [2.75, 3.05) is 18.1 Å². The monoisotopic (exact) mass is 339 g/mol. The number of ether oxygens (including phenoxy) is 1. The third-order valence-electron chi connectivity index (χ3n) is 2.31. The number of halogens is 1. The van der Waals surface area contributed by atoms with Gasteiger partial charge in [-0.15, -0.1) is 0 Å². The first-order valence-electron chi connectivity index (χ1n) is 5.43. The molecule has 1 heterocycles. The van der Waals surface area contributed by atoms with Crippen LogP contribution < -0.4 is 15.8 Å². The van der Waals surface area contributed by atoms with E-state index in [9.17, 15) is 10.1 Å². The highest BCUT2D eigenvalue weighted by molar-refractivity contribution is 9.10. The molecule has 0 fully saturated rings. The summed E-state index contributed by atoms with van der Waals surface area (Å²) >= 11 is 3.17. The summed E-state index contributed by atoms with van der Waals surface area (Å²) < 4.78 is 5.99. The van der Waals surface area contributed by atoms with Crippen LogP contribution in [0, 0.1) is 10.1 Å². The molecular formula is C11H10BrN5O3. The number of nitrogen functional groups attached to an aromatic ring is 1. The minimum Gasteiger partial charge on any atom is -0.432 e. The number of benzene rings is 1. The van der Waals surface area contributed by atoms with Crippen molar-refractivity contribution >= 4 is 33.4 Å². The molecule has 104 valence electrons. The number of hydrogen-bond donors (Lipinski definition) is 2. The van der Waals surface area contributed by atoms with E-state index in [4.69, 9.17) is 10.5 Å². The van der Waals surface area contributed by atoms with E-state index in [2.05, 4.69) is 31.2 Å². The van der Waals surface area contributed by atoms with E-state index in [0.29, 0.717) is 10.3 Å². The van der Waals surface area contributed by atoms with Crippen LogP contribution in [-0.2, 0) is 0 Å². The number of nitrogens with two attached hydrogens (primary N) is 1. The summed E-state index contributed by atoms with van der Waals surface area (Å²) in [7, 11) is 1.66. The molecule has 3 N–H and O–H groups in total. The average Bonchev–Trinajstić information content (AvgIpc) is 2.40. The maximum absolute atomic E-state index is 11.0. The van der Waals surface area contributed by atoms with Gasteiger partial charge in [-0.25, -0.2) is 0 Å². The van der Waals surface area contributed by atoms with Crippen LogP contribution in [-0.4, -0.2) is 21.9 Å². The van der Waals surface area contributed by atoms with Crippen LogP contribution in [0.4, 0.5) is 17.5 Å². The summed E-state index contributed by atoms with van der Waals surface area (Å²) in [5, 5.41) is 13.8. The van der Waals surface area contributed by atoms with E-state index in [1.54, 1.807) is 13.1 Å². The first kappa shape index (κ1) is 14.0. The summed E-state index contributed by atoms with van der Waals surface area (Å²) in [5.74, 6) is 0.643. The topological polar surface area (TPSA) is 116 Å². The molecule has 0 aliphatic carbocycles. The van der Waals surface area contributed by atoms with Crippen molar-refractivity contribution in [3.05, 3.63) is 38.9 Å². The van der Waals surface area contributed by atoms with Crippen LogP contribution in [0.25, 0.3) is 0 Å². The van der Waals surface area contributed by atoms with Crippen LogP contribution >= 0.6 is 15.9 Å². The summed E-state index contributed by atoms with van der Waals surface area (Å²) in [6, 6.07) is 5.94. The summed E-state index contributed by atoms with van der Waals surface area (Å²) in [4.78, 5) is 18.2. The Morgan fingerprint density at radius 3 is 2.80 bits per heavy atom. The fourth-order valence-electron chi connectivity index (χ4n) is 1.46. The number of hydrogen-bond acceptors (Lipinski definition) is 7. The quantitative estimate of drug-likeness (QED) is 0.649. The van der Waals surface area contributed by atoms with Crippen molar-refractivity contribution in [1.29, 1.82) is 0 Å². The van der Waals surface area contributed by atoms with Crippen LogP contribution in [0.1, 0.15) is 0 Å². The van der Waals surface area contributed by atoms with Crippen LogP contribution in [0.15, 0.2) is 28.7 Å². The molecule has 9 heteroatoms. The maximum atomic E-state index is 11.0. The van der Waals surface area contributed by atoms with E-state index in [0.717, 1.165) is 0 Å². The molecule has 1 aromatic heterocycles. The zero-order valence-electron chi connectivity index (χ0n) is 10.3. The first-order chi connectivity index (χ1) is 9.49. The smallest absolute Gasteiger partial charge is 0.312 e. The Balaban J connectivity index is 2.39. The van der Waals surface area contributed by atoms with Gasteiger partial charge >= 0.3 is 5.69 Å². The molecule has 0 bridgehead atoms. The summed E-state index contributed by atoms with van der Waals surface area (Å²) in [6.45, 7) is 0. The minimum atomic E-state index is -0.538. The zero-order valence-corrected chi connectivity index (χ0v) is 11.9. The van der Waals surface area contributed by atoms with E-state index >= 15 is 0 Å². The lowest BCUT2D eigenvalue weighted by Crippen LogP contribution is -2.02. The summed E-state index contributed by atoms with van der Waals surface area (Å²) in [5.41, 5.74) is 5.35. The molecule has 20 heavy (non-hydrogen) atoms. The largest absolute Gasteiger partial charge is 0.432 e. The molecule has 0 amide bonds. The average molecular weight is 340 g/mol.